The highest BCUT2D eigenvalue weighted by Crippen LogP contribution is 2.26. The van der Waals surface area contributed by atoms with E-state index in [4.69, 9.17) is 4.98 Å². The molecule has 0 unspecified atom stereocenters. The van der Waals surface area contributed by atoms with Crippen molar-refractivity contribution in [1.29, 1.82) is 0 Å². The third-order valence-electron chi connectivity index (χ3n) is 4.58. The van der Waals surface area contributed by atoms with Crippen molar-refractivity contribution in [2.75, 3.05) is 10.6 Å². The van der Waals surface area contributed by atoms with Gasteiger partial charge in [0.25, 0.3) is 0 Å². The third kappa shape index (κ3) is 5.68. The summed E-state index contributed by atoms with van der Waals surface area (Å²) in [4.78, 5) is 16.2. The molecule has 0 spiro atoms. The van der Waals surface area contributed by atoms with Crippen LogP contribution in [0, 0.1) is 0 Å². The smallest absolute Gasteiger partial charge is 0.138 e. The van der Waals surface area contributed by atoms with Crippen molar-refractivity contribution in [3.8, 4) is 11.4 Å². The van der Waals surface area contributed by atoms with E-state index in [2.05, 4.69) is 43.8 Å². The Balaban J connectivity index is 0.00000121. The van der Waals surface area contributed by atoms with Gasteiger partial charge in [-0.05, 0) is 66.7 Å². The Morgan fingerprint density at radius 3 is 1.66 bits per heavy atom. The van der Waals surface area contributed by atoms with Crippen LogP contribution < -0.4 is 10.6 Å². The van der Waals surface area contributed by atoms with E-state index < -0.39 is 0 Å². The van der Waals surface area contributed by atoms with E-state index in [1.807, 2.05) is 48.5 Å². The van der Waals surface area contributed by atoms with Crippen LogP contribution in [-0.4, -0.2) is 19.9 Å². The average Bonchev–Trinajstić information content (AvgIpc) is 3.19. The van der Waals surface area contributed by atoms with Gasteiger partial charge in [0.2, 0.25) is 0 Å². The summed E-state index contributed by atoms with van der Waals surface area (Å²) in [6.07, 6.45) is 7.07. The van der Waals surface area contributed by atoms with Crippen molar-refractivity contribution in [3.63, 3.8) is 0 Å². The lowest BCUT2D eigenvalue weighted by Crippen LogP contribution is -1.90. The fraction of sp³-hybridized carbons (Fsp3) is 0. The predicted molar refractivity (Wildman–Crippen MR) is 138 cm³/mol. The molecule has 3 N–H and O–H groups in total. The van der Waals surface area contributed by atoms with Gasteiger partial charge in [-0.25, -0.2) is 4.98 Å². The number of fused-ring (bicyclic) bond motifs is 1. The second-order valence-electron chi connectivity index (χ2n) is 6.62. The van der Waals surface area contributed by atoms with Gasteiger partial charge < -0.3 is 15.6 Å². The molecule has 5 aromatic rings. The molecule has 2 aromatic carbocycles. The monoisotopic (exact) mass is 486 g/mol. The molecule has 0 atom stereocenters. The number of rotatable bonds is 5. The summed E-state index contributed by atoms with van der Waals surface area (Å²) in [5.74, 6) is 0.844. The largest absolute Gasteiger partial charge is 0.355 e. The van der Waals surface area contributed by atoms with E-state index in [9.17, 15) is 0 Å². The maximum Gasteiger partial charge on any atom is 0.138 e. The number of hydrogen-bond acceptors (Lipinski definition) is 5. The quantitative estimate of drug-likeness (QED) is 0.255. The van der Waals surface area contributed by atoms with Crippen LogP contribution in [0.4, 0.5) is 22.7 Å². The minimum Gasteiger partial charge on any atom is -0.355 e. The van der Waals surface area contributed by atoms with Crippen molar-refractivity contribution >= 4 is 71.0 Å². The van der Waals surface area contributed by atoms with Crippen molar-refractivity contribution in [1.82, 2.24) is 19.9 Å². The van der Waals surface area contributed by atoms with Crippen LogP contribution in [0.25, 0.3) is 22.4 Å². The average molecular weight is 488 g/mol. The first-order valence-corrected chi connectivity index (χ1v) is 9.28. The Kier molecular flexibility index (Phi) is 8.84. The maximum atomic E-state index is 4.72. The Hall–Kier alpha value is -3.32. The Bertz CT molecular complexity index is 1250. The third-order valence-corrected chi connectivity index (χ3v) is 4.58. The summed E-state index contributed by atoms with van der Waals surface area (Å²) in [6, 6.07) is 22.0. The molecular formula is C23H21Cl3N6. The fourth-order valence-corrected chi connectivity index (χ4v) is 3.14. The van der Waals surface area contributed by atoms with E-state index in [0.29, 0.717) is 0 Å². The highest BCUT2D eigenvalue weighted by Gasteiger charge is 2.07. The predicted octanol–water partition coefficient (Wildman–Crippen LogP) is 6.77. The van der Waals surface area contributed by atoms with Crippen molar-refractivity contribution in [2.24, 2.45) is 0 Å². The van der Waals surface area contributed by atoms with Gasteiger partial charge in [-0.2, -0.15) is 0 Å². The van der Waals surface area contributed by atoms with Gasteiger partial charge in [0.15, 0.2) is 0 Å². The molecule has 3 aromatic heterocycles. The first kappa shape index (κ1) is 24.9. The van der Waals surface area contributed by atoms with Gasteiger partial charge in [-0.15, -0.1) is 37.2 Å². The molecule has 0 radical (unpaired) electrons. The standard InChI is InChI=1S/C23H18N6.3ClH/c1-3-17(26-18-7-11-24-12-8-18)4-2-16(1)23-28-21-6-5-20(15-22(21)29-23)27-19-9-13-25-14-10-19;;;/h1-15H,(H,24,26)(H,25,27)(H,28,29);3*1H. The molecule has 0 bridgehead atoms. The van der Waals surface area contributed by atoms with Crippen LogP contribution in [0.1, 0.15) is 0 Å². The van der Waals surface area contributed by atoms with Gasteiger partial charge >= 0.3 is 0 Å². The molecule has 9 heteroatoms. The summed E-state index contributed by atoms with van der Waals surface area (Å²) in [5, 5.41) is 6.73. The number of aromatic nitrogens is 4. The van der Waals surface area contributed by atoms with Crippen molar-refractivity contribution < 1.29 is 0 Å². The molecule has 3 heterocycles. The molecule has 0 aliphatic heterocycles. The first-order chi connectivity index (χ1) is 14.3. The Labute approximate surface area is 204 Å². The highest BCUT2D eigenvalue weighted by molar-refractivity contribution is 5.86. The lowest BCUT2D eigenvalue weighted by Gasteiger charge is -2.06. The fourth-order valence-electron chi connectivity index (χ4n) is 3.14. The number of pyridine rings is 2. The number of benzene rings is 2. The molecule has 6 nitrogen and oxygen atoms in total. The molecule has 0 aliphatic rings. The second kappa shape index (κ2) is 11.3. The zero-order valence-corrected chi connectivity index (χ0v) is 19.2. The number of nitrogens with one attached hydrogen (secondary N) is 3. The minimum atomic E-state index is 0. The van der Waals surface area contributed by atoms with Crippen LogP contribution >= 0.6 is 37.2 Å². The molecule has 0 aliphatic carbocycles. The maximum absolute atomic E-state index is 4.72. The molecule has 0 amide bonds. The molecule has 164 valence electrons. The van der Waals surface area contributed by atoms with E-state index in [-0.39, 0.29) is 37.2 Å². The normalized spacial score (nSPS) is 9.75. The molecule has 0 saturated heterocycles. The van der Waals surface area contributed by atoms with E-state index >= 15 is 0 Å². The number of anilines is 4. The lowest BCUT2D eigenvalue weighted by atomic mass is 10.2. The highest BCUT2D eigenvalue weighted by atomic mass is 35.5. The van der Waals surface area contributed by atoms with E-state index in [1.54, 1.807) is 24.8 Å². The van der Waals surface area contributed by atoms with E-state index in [1.165, 1.54) is 0 Å². The second-order valence-corrected chi connectivity index (χ2v) is 6.62. The van der Waals surface area contributed by atoms with Crippen molar-refractivity contribution in [3.05, 3.63) is 91.5 Å². The number of aromatic amines is 1. The summed E-state index contributed by atoms with van der Waals surface area (Å²) >= 11 is 0. The van der Waals surface area contributed by atoms with Crippen molar-refractivity contribution in [2.45, 2.75) is 0 Å². The number of hydrogen-bond donors (Lipinski definition) is 3. The summed E-state index contributed by atoms with van der Waals surface area (Å²) < 4.78 is 0. The molecule has 5 rings (SSSR count). The van der Waals surface area contributed by atoms with Gasteiger partial charge in [-0.3, -0.25) is 9.97 Å². The zero-order valence-electron chi connectivity index (χ0n) is 16.7. The minimum absolute atomic E-state index is 0. The van der Waals surface area contributed by atoms with Gasteiger partial charge in [0.05, 0.1) is 11.0 Å². The molecule has 0 fully saturated rings. The van der Waals surface area contributed by atoms with Crippen LogP contribution in [0.15, 0.2) is 91.5 Å². The van der Waals surface area contributed by atoms with Gasteiger partial charge in [0.1, 0.15) is 5.82 Å². The van der Waals surface area contributed by atoms with Crippen LogP contribution in [0.5, 0.6) is 0 Å². The lowest BCUT2D eigenvalue weighted by molar-refractivity contribution is 1.32. The number of H-pyrrole nitrogens is 1. The SMILES string of the molecule is Cl.Cl.Cl.c1cc(Nc2ccc(-c3nc4ccc(Nc5ccncc5)cc4[nH]3)cc2)ccn1. The summed E-state index contributed by atoms with van der Waals surface area (Å²) in [5.41, 5.74) is 6.96. The van der Waals surface area contributed by atoms with Gasteiger partial charge in [0, 0.05) is 53.1 Å². The van der Waals surface area contributed by atoms with Gasteiger partial charge in [-0.1, -0.05) is 0 Å². The Morgan fingerprint density at radius 2 is 1.06 bits per heavy atom. The van der Waals surface area contributed by atoms with E-state index in [0.717, 1.165) is 45.2 Å². The van der Waals surface area contributed by atoms with Crippen LogP contribution in [-0.2, 0) is 0 Å². The number of nitrogens with zero attached hydrogens (tertiary/aromatic N) is 3. The number of imidazole rings is 1. The first-order valence-electron chi connectivity index (χ1n) is 9.28. The molecular weight excluding hydrogens is 467 g/mol. The summed E-state index contributed by atoms with van der Waals surface area (Å²) in [6.45, 7) is 0. The summed E-state index contributed by atoms with van der Waals surface area (Å²) in [7, 11) is 0. The number of halogens is 3. The molecule has 0 saturated carbocycles. The Morgan fingerprint density at radius 1 is 0.562 bits per heavy atom. The molecule has 32 heavy (non-hydrogen) atoms. The topological polar surface area (TPSA) is 78.5 Å². The van der Waals surface area contributed by atoms with Crippen LogP contribution in [0.2, 0.25) is 0 Å². The zero-order chi connectivity index (χ0) is 19.5. The van der Waals surface area contributed by atoms with Crippen LogP contribution in [0.3, 0.4) is 0 Å².